The van der Waals surface area contributed by atoms with E-state index in [9.17, 15) is 13.2 Å². The van der Waals surface area contributed by atoms with Crippen molar-refractivity contribution in [2.24, 2.45) is 0 Å². The molecular weight excluding hydrogens is 406 g/mol. The fourth-order valence-electron chi connectivity index (χ4n) is 4.34. The summed E-state index contributed by atoms with van der Waals surface area (Å²) in [7, 11) is -3.61. The lowest BCUT2D eigenvalue weighted by Crippen LogP contribution is -2.35. The van der Waals surface area contributed by atoms with Crippen LogP contribution in [0.3, 0.4) is 0 Å². The number of unbranched alkanes of at least 4 members (excludes halogenated alkanes) is 6. The molecule has 0 bridgehead atoms. The summed E-state index contributed by atoms with van der Waals surface area (Å²) in [5, 5.41) is 0. The maximum atomic E-state index is 13.0. The van der Waals surface area contributed by atoms with Gasteiger partial charge in [-0.1, -0.05) is 86.6 Å². The maximum Gasteiger partial charge on any atom is 0.243 e. The van der Waals surface area contributed by atoms with Crippen LogP contribution in [0.1, 0.15) is 68.9 Å². The number of hydrogen-bond donors (Lipinski definition) is 0. The molecule has 0 aromatic heterocycles. The summed E-state index contributed by atoms with van der Waals surface area (Å²) < 4.78 is 27.5. The van der Waals surface area contributed by atoms with E-state index in [0.717, 1.165) is 31.2 Å². The third-order valence-electron chi connectivity index (χ3n) is 6.18. The van der Waals surface area contributed by atoms with Crippen molar-refractivity contribution in [1.29, 1.82) is 0 Å². The SMILES string of the molecule is Cc1ccc(S(=O)(=O)N2CC(=O)CC2CCCCCCCCCc2ccccc2)cc1. The molecule has 0 spiro atoms. The molecule has 1 heterocycles. The Morgan fingerprint density at radius 3 is 2.13 bits per heavy atom. The average Bonchev–Trinajstić information content (AvgIpc) is 3.15. The fourth-order valence-corrected chi connectivity index (χ4v) is 5.98. The van der Waals surface area contributed by atoms with Crippen LogP contribution in [0.4, 0.5) is 0 Å². The topological polar surface area (TPSA) is 54.5 Å². The van der Waals surface area contributed by atoms with Gasteiger partial charge in [0.15, 0.2) is 0 Å². The summed E-state index contributed by atoms with van der Waals surface area (Å²) in [5.41, 5.74) is 2.44. The fraction of sp³-hybridized carbons (Fsp3) is 0.500. The highest BCUT2D eigenvalue weighted by molar-refractivity contribution is 7.89. The molecule has 2 aromatic rings. The van der Waals surface area contributed by atoms with Gasteiger partial charge >= 0.3 is 0 Å². The van der Waals surface area contributed by atoms with Crippen molar-refractivity contribution in [3.8, 4) is 0 Å². The lowest BCUT2D eigenvalue weighted by atomic mass is 10.0. The van der Waals surface area contributed by atoms with E-state index in [0.29, 0.717) is 6.42 Å². The van der Waals surface area contributed by atoms with E-state index in [2.05, 4.69) is 30.3 Å². The van der Waals surface area contributed by atoms with Crippen LogP contribution in [0.15, 0.2) is 59.5 Å². The number of carbonyl (C=O) groups is 1. The molecule has 168 valence electrons. The summed E-state index contributed by atoms with van der Waals surface area (Å²) in [6, 6.07) is 17.3. The van der Waals surface area contributed by atoms with Crippen molar-refractivity contribution in [1.82, 2.24) is 4.31 Å². The van der Waals surface area contributed by atoms with Crippen LogP contribution in [0.5, 0.6) is 0 Å². The standard InChI is InChI=1S/C26H35NO3S/c1-22-16-18-26(19-17-22)31(29,30)27-21-25(28)20-24(27)15-11-6-4-2-3-5-8-12-23-13-9-7-10-14-23/h7,9-10,13-14,16-19,24H,2-6,8,11-12,15,20-21H2,1H3. The minimum absolute atomic E-state index is 0.0162. The zero-order valence-electron chi connectivity index (χ0n) is 18.6. The third kappa shape index (κ3) is 7.01. The Morgan fingerprint density at radius 2 is 1.45 bits per heavy atom. The van der Waals surface area contributed by atoms with Crippen LogP contribution < -0.4 is 0 Å². The van der Waals surface area contributed by atoms with Gasteiger partial charge in [-0.2, -0.15) is 4.31 Å². The van der Waals surface area contributed by atoms with E-state index in [-0.39, 0.29) is 23.3 Å². The minimum atomic E-state index is -3.61. The lowest BCUT2D eigenvalue weighted by molar-refractivity contribution is -0.116. The molecule has 2 aromatic carbocycles. The van der Waals surface area contributed by atoms with Crippen LogP contribution >= 0.6 is 0 Å². The van der Waals surface area contributed by atoms with Crippen molar-refractivity contribution in [3.63, 3.8) is 0 Å². The average molecular weight is 442 g/mol. The molecule has 1 atom stereocenters. The van der Waals surface area contributed by atoms with Gasteiger partial charge < -0.3 is 0 Å². The normalized spacial score (nSPS) is 17.3. The highest BCUT2D eigenvalue weighted by Crippen LogP contribution is 2.28. The Balaban J connectivity index is 1.35. The molecule has 31 heavy (non-hydrogen) atoms. The van der Waals surface area contributed by atoms with Gasteiger partial charge in [0.1, 0.15) is 5.78 Å². The number of rotatable bonds is 12. The zero-order chi connectivity index (χ0) is 22.1. The van der Waals surface area contributed by atoms with Crippen LogP contribution in [-0.2, 0) is 21.2 Å². The lowest BCUT2D eigenvalue weighted by Gasteiger charge is -2.23. The van der Waals surface area contributed by atoms with E-state index in [1.807, 2.05) is 6.92 Å². The Labute approximate surface area is 187 Å². The molecular formula is C26H35NO3S. The number of carbonyl (C=O) groups excluding carboxylic acids is 1. The van der Waals surface area contributed by atoms with Crippen LogP contribution in [0.2, 0.25) is 0 Å². The van der Waals surface area contributed by atoms with Crippen LogP contribution in [0.25, 0.3) is 0 Å². The number of Topliss-reactive ketones (excluding diaryl/α,β-unsaturated/α-hetero) is 1. The van der Waals surface area contributed by atoms with Crippen molar-refractivity contribution in [2.75, 3.05) is 6.54 Å². The molecule has 1 unspecified atom stereocenters. The van der Waals surface area contributed by atoms with Gasteiger partial charge in [0, 0.05) is 12.5 Å². The van der Waals surface area contributed by atoms with Gasteiger partial charge in [-0.3, -0.25) is 4.79 Å². The molecule has 1 saturated heterocycles. The molecule has 1 fully saturated rings. The molecule has 1 aliphatic rings. The molecule has 0 aliphatic carbocycles. The minimum Gasteiger partial charge on any atom is -0.298 e. The van der Waals surface area contributed by atoms with Crippen molar-refractivity contribution >= 4 is 15.8 Å². The molecule has 1 aliphatic heterocycles. The van der Waals surface area contributed by atoms with E-state index < -0.39 is 10.0 Å². The Kier molecular flexibility index (Phi) is 8.85. The maximum absolute atomic E-state index is 13.0. The first-order valence-corrected chi connectivity index (χ1v) is 13.0. The summed E-state index contributed by atoms with van der Waals surface area (Å²) in [4.78, 5) is 12.3. The van der Waals surface area contributed by atoms with Gasteiger partial charge in [-0.05, 0) is 43.9 Å². The van der Waals surface area contributed by atoms with Gasteiger partial charge in [-0.25, -0.2) is 8.42 Å². The molecule has 5 heteroatoms. The van der Waals surface area contributed by atoms with Gasteiger partial charge in [0.2, 0.25) is 10.0 Å². The highest BCUT2D eigenvalue weighted by atomic mass is 32.2. The first-order chi connectivity index (χ1) is 15.0. The first kappa shape index (κ1) is 23.7. The number of benzene rings is 2. The highest BCUT2D eigenvalue weighted by Gasteiger charge is 2.38. The van der Waals surface area contributed by atoms with Crippen molar-refractivity contribution < 1.29 is 13.2 Å². The predicted molar refractivity (Wildman–Crippen MR) is 126 cm³/mol. The monoisotopic (exact) mass is 441 g/mol. The number of nitrogens with zero attached hydrogens (tertiary/aromatic N) is 1. The van der Waals surface area contributed by atoms with Gasteiger partial charge in [-0.15, -0.1) is 0 Å². The zero-order valence-corrected chi connectivity index (χ0v) is 19.4. The molecule has 3 rings (SSSR count). The van der Waals surface area contributed by atoms with Crippen LogP contribution in [0, 0.1) is 6.92 Å². The second kappa shape index (κ2) is 11.6. The predicted octanol–water partition coefficient (Wildman–Crippen LogP) is 5.69. The molecule has 0 N–H and O–H groups in total. The second-order valence-corrected chi connectivity index (χ2v) is 10.6. The molecule has 0 amide bonds. The second-order valence-electron chi connectivity index (χ2n) is 8.76. The van der Waals surface area contributed by atoms with Gasteiger partial charge in [0.05, 0.1) is 11.4 Å². The molecule has 4 nitrogen and oxygen atoms in total. The summed E-state index contributed by atoms with van der Waals surface area (Å²) in [5.74, 6) is 0.0269. The van der Waals surface area contributed by atoms with E-state index in [1.165, 1.54) is 42.0 Å². The largest absolute Gasteiger partial charge is 0.298 e. The van der Waals surface area contributed by atoms with E-state index in [1.54, 1.807) is 24.3 Å². The van der Waals surface area contributed by atoms with Crippen molar-refractivity contribution in [2.45, 2.75) is 82.1 Å². The third-order valence-corrected chi connectivity index (χ3v) is 8.09. The quantitative estimate of drug-likeness (QED) is 0.398. The Bertz CT molecular complexity index is 923. The van der Waals surface area contributed by atoms with Gasteiger partial charge in [0.25, 0.3) is 0 Å². The Hall–Kier alpha value is -1.98. The van der Waals surface area contributed by atoms with Crippen LogP contribution in [-0.4, -0.2) is 31.1 Å². The summed E-state index contributed by atoms with van der Waals surface area (Å²) in [6.45, 7) is 1.95. The number of hydrogen-bond acceptors (Lipinski definition) is 3. The van der Waals surface area contributed by atoms with Crippen molar-refractivity contribution in [3.05, 3.63) is 65.7 Å². The smallest absolute Gasteiger partial charge is 0.243 e. The van der Waals surface area contributed by atoms with E-state index in [4.69, 9.17) is 0 Å². The number of ketones is 1. The molecule has 0 saturated carbocycles. The van der Waals surface area contributed by atoms with E-state index >= 15 is 0 Å². The number of sulfonamides is 1. The first-order valence-electron chi connectivity index (χ1n) is 11.6. The number of aryl methyl sites for hydroxylation is 2. The summed E-state index contributed by atoms with van der Waals surface area (Å²) in [6.07, 6.45) is 10.5. The Morgan fingerprint density at radius 1 is 0.839 bits per heavy atom. The molecule has 0 radical (unpaired) electrons. The summed E-state index contributed by atoms with van der Waals surface area (Å²) >= 11 is 0.